The molecule has 2 aromatic rings. The van der Waals surface area contributed by atoms with Gasteiger partial charge in [-0.05, 0) is 35.2 Å². The minimum atomic E-state index is -0.552. The summed E-state index contributed by atoms with van der Waals surface area (Å²) >= 11 is 0. The van der Waals surface area contributed by atoms with Gasteiger partial charge in [0.2, 0.25) is 11.8 Å². The zero-order valence-corrected chi connectivity index (χ0v) is 16.2. The molecular formula is C22H27N3O2. The molecule has 3 rings (SSSR count). The van der Waals surface area contributed by atoms with Crippen molar-refractivity contribution in [3.8, 4) is 0 Å². The van der Waals surface area contributed by atoms with Crippen molar-refractivity contribution < 1.29 is 9.59 Å². The van der Waals surface area contributed by atoms with Gasteiger partial charge >= 0.3 is 0 Å². The van der Waals surface area contributed by atoms with Crippen LogP contribution in [0.1, 0.15) is 36.1 Å². The first-order valence-electron chi connectivity index (χ1n) is 9.42. The Morgan fingerprint density at radius 3 is 2.52 bits per heavy atom. The van der Waals surface area contributed by atoms with Gasteiger partial charge in [0, 0.05) is 32.9 Å². The number of benzene rings is 2. The van der Waals surface area contributed by atoms with Crippen LogP contribution in [0.3, 0.4) is 0 Å². The molecule has 0 aliphatic carbocycles. The van der Waals surface area contributed by atoms with Crippen molar-refractivity contribution in [1.82, 2.24) is 10.2 Å². The molecule has 1 N–H and O–H groups in total. The Morgan fingerprint density at radius 2 is 1.85 bits per heavy atom. The molecule has 142 valence electrons. The Morgan fingerprint density at radius 1 is 1.15 bits per heavy atom. The van der Waals surface area contributed by atoms with Crippen molar-refractivity contribution in [2.45, 2.75) is 32.4 Å². The summed E-state index contributed by atoms with van der Waals surface area (Å²) in [5, 5.41) is 3.02. The summed E-state index contributed by atoms with van der Waals surface area (Å²) in [4.78, 5) is 29.4. The standard InChI is InChI=1S/C22H27N3O2/c1-4-13-25-20(26)14-17-7-5-6-8-19(17)21(25)22(27)23-15-16-9-11-18(12-10-16)24(2)3/h5-12,21H,4,13-15H2,1-3H3,(H,23,27)/t21-/m0/s1. The van der Waals surface area contributed by atoms with Gasteiger partial charge in [0.1, 0.15) is 6.04 Å². The molecule has 1 aliphatic rings. The second-order valence-corrected chi connectivity index (χ2v) is 7.14. The number of fused-ring (bicyclic) bond motifs is 1. The molecule has 2 aromatic carbocycles. The molecule has 1 heterocycles. The van der Waals surface area contributed by atoms with Crippen LogP contribution in [0.15, 0.2) is 48.5 Å². The van der Waals surface area contributed by atoms with Crippen LogP contribution < -0.4 is 10.2 Å². The van der Waals surface area contributed by atoms with E-state index in [1.54, 1.807) is 4.90 Å². The van der Waals surface area contributed by atoms with Crippen LogP contribution in [0.2, 0.25) is 0 Å². The lowest BCUT2D eigenvalue weighted by Gasteiger charge is -2.36. The third-order valence-electron chi connectivity index (χ3n) is 4.96. The second kappa shape index (κ2) is 8.25. The number of amides is 2. The zero-order valence-electron chi connectivity index (χ0n) is 16.2. The van der Waals surface area contributed by atoms with E-state index in [2.05, 4.69) is 5.32 Å². The summed E-state index contributed by atoms with van der Waals surface area (Å²) in [6.45, 7) is 3.05. The van der Waals surface area contributed by atoms with Gasteiger partial charge in [-0.2, -0.15) is 0 Å². The van der Waals surface area contributed by atoms with Gasteiger partial charge in [-0.1, -0.05) is 43.3 Å². The first-order valence-corrected chi connectivity index (χ1v) is 9.42. The minimum absolute atomic E-state index is 0.0195. The Kier molecular flexibility index (Phi) is 5.79. The molecule has 1 aliphatic heterocycles. The molecule has 5 nitrogen and oxygen atoms in total. The highest BCUT2D eigenvalue weighted by molar-refractivity contribution is 5.92. The highest BCUT2D eigenvalue weighted by Gasteiger charge is 2.36. The number of nitrogens with zero attached hydrogens (tertiary/aromatic N) is 2. The third kappa shape index (κ3) is 4.13. The number of carbonyl (C=O) groups is 2. The average molecular weight is 365 g/mol. The van der Waals surface area contributed by atoms with Gasteiger partial charge in [-0.25, -0.2) is 0 Å². The first-order chi connectivity index (χ1) is 13.0. The molecule has 0 spiro atoms. The fraction of sp³-hybridized carbons (Fsp3) is 0.364. The van der Waals surface area contributed by atoms with E-state index in [-0.39, 0.29) is 11.8 Å². The summed E-state index contributed by atoms with van der Waals surface area (Å²) in [5.41, 5.74) is 4.04. The maximum atomic E-state index is 13.0. The Hall–Kier alpha value is -2.82. The van der Waals surface area contributed by atoms with E-state index in [1.165, 1.54) is 0 Å². The summed E-state index contributed by atoms with van der Waals surface area (Å²) in [7, 11) is 3.99. The lowest BCUT2D eigenvalue weighted by molar-refractivity contribution is -0.141. The quantitative estimate of drug-likeness (QED) is 0.856. The lowest BCUT2D eigenvalue weighted by atomic mass is 9.91. The normalized spacial score (nSPS) is 16.0. The van der Waals surface area contributed by atoms with Crippen LogP contribution >= 0.6 is 0 Å². The number of hydrogen-bond donors (Lipinski definition) is 1. The van der Waals surface area contributed by atoms with E-state index >= 15 is 0 Å². The Balaban J connectivity index is 1.77. The summed E-state index contributed by atoms with van der Waals surface area (Å²) in [5.74, 6) is -0.105. The average Bonchev–Trinajstić information content (AvgIpc) is 2.67. The van der Waals surface area contributed by atoms with Crippen molar-refractivity contribution in [3.63, 3.8) is 0 Å². The van der Waals surface area contributed by atoms with Gasteiger partial charge < -0.3 is 15.1 Å². The molecule has 2 amide bonds. The molecular weight excluding hydrogens is 338 g/mol. The maximum Gasteiger partial charge on any atom is 0.247 e. The van der Waals surface area contributed by atoms with Crippen molar-refractivity contribution in [2.24, 2.45) is 0 Å². The van der Waals surface area contributed by atoms with Gasteiger partial charge in [-0.3, -0.25) is 9.59 Å². The highest BCUT2D eigenvalue weighted by atomic mass is 16.2. The molecule has 27 heavy (non-hydrogen) atoms. The van der Waals surface area contributed by atoms with Crippen molar-refractivity contribution >= 4 is 17.5 Å². The van der Waals surface area contributed by atoms with Gasteiger partial charge in [0.15, 0.2) is 0 Å². The number of carbonyl (C=O) groups excluding carboxylic acids is 2. The SMILES string of the molecule is CCCN1C(=O)Cc2ccccc2[C@H]1C(=O)NCc1ccc(N(C)C)cc1. The summed E-state index contributed by atoms with van der Waals surface area (Å²) in [6.07, 6.45) is 1.19. The number of hydrogen-bond acceptors (Lipinski definition) is 3. The van der Waals surface area contributed by atoms with Crippen LogP contribution in [0.25, 0.3) is 0 Å². The van der Waals surface area contributed by atoms with E-state index in [9.17, 15) is 9.59 Å². The Bertz CT molecular complexity index is 815. The van der Waals surface area contributed by atoms with E-state index in [4.69, 9.17) is 0 Å². The van der Waals surface area contributed by atoms with Crippen LogP contribution in [-0.2, 0) is 22.6 Å². The molecule has 0 saturated carbocycles. The van der Waals surface area contributed by atoms with Gasteiger partial charge in [0.05, 0.1) is 6.42 Å². The van der Waals surface area contributed by atoms with Gasteiger partial charge in [-0.15, -0.1) is 0 Å². The second-order valence-electron chi connectivity index (χ2n) is 7.14. The molecule has 0 aromatic heterocycles. The predicted octanol–water partition coefficient (Wildman–Crippen LogP) is 2.90. The van der Waals surface area contributed by atoms with Gasteiger partial charge in [0.25, 0.3) is 0 Å². The van der Waals surface area contributed by atoms with Crippen molar-refractivity contribution in [2.75, 3.05) is 25.5 Å². The molecule has 0 fully saturated rings. The highest BCUT2D eigenvalue weighted by Crippen LogP contribution is 2.30. The predicted molar refractivity (Wildman–Crippen MR) is 108 cm³/mol. The molecule has 1 atom stereocenters. The van der Waals surface area contributed by atoms with E-state index in [0.29, 0.717) is 19.5 Å². The molecule has 0 radical (unpaired) electrons. The molecule has 0 unspecified atom stereocenters. The Labute approximate surface area is 161 Å². The fourth-order valence-corrected chi connectivity index (χ4v) is 3.51. The van der Waals surface area contributed by atoms with Crippen LogP contribution in [-0.4, -0.2) is 37.4 Å². The maximum absolute atomic E-state index is 13.0. The third-order valence-corrected chi connectivity index (χ3v) is 4.96. The van der Waals surface area contributed by atoms with Crippen LogP contribution in [0.5, 0.6) is 0 Å². The summed E-state index contributed by atoms with van der Waals surface area (Å²) < 4.78 is 0. The monoisotopic (exact) mass is 365 g/mol. The fourth-order valence-electron chi connectivity index (χ4n) is 3.51. The molecule has 0 saturated heterocycles. The van der Waals surface area contributed by atoms with Crippen LogP contribution in [0, 0.1) is 0 Å². The summed E-state index contributed by atoms with van der Waals surface area (Å²) in [6, 6.07) is 15.3. The minimum Gasteiger partial charge on any atom is -0.378 e. The zero-order chi connectivity index (χ0) is 19.4. The van der Waals surface area contributed by atoms with Crippen LogP contribution in [0.4, 0.5) is 5.69 Å². The van der Waals surface area contributed by atoms with Crippen molar-refractivity contribution in [1.29, 1.82) is 0 Å². The van der Waals surface area contributed by atoms with E-state index in [0.717, 1.165) is 28.8 Å². The smallest absolute Gasteiger partial charge is 0.247 e. The topological polar surface area (TPSA) is 52.7 Å². The number of nitrogens with one attached hydrogen (secondary N) is 1. The van der Waals surface area contributed by atoms with E-state index in [1.807, 2.05) is 74.4 Å². The number of anilines is 1. The largest absolute Gasteiger partial charge is 0.378 e. The molecule has 0 bridgehead atoms. The van der Waals surface area contributed by atoms with E-state index < -0.39 is 6.04 Å². The number of rotatable bonds is 6. The lowest BCUT2D eigenvalue weighted by Crippen LogP contribution is -2.47. The first kappa shape index (κ1) is 19.0. The van der Waals surface area contributed by atoms with Crippen molar-refractivity contribution in [3.05, 3.63) is 65.2 Å². The molecule has 5 heteroatoms.